The third-order valence-corrected chi connectivity index (χ3v) is 5.00. The Morgan fingerprint density at radius 1 is 1.14 bits per heavy atom. The maximum Gasteiger partial charge on any atom is 0.265 e. The van der Waals surface area contributed by atoms with Crippen LogP contribution in [0.1, 0.15) is 18.1 Å². The fourth-order valence-corrected chi connectivity index (χ4v) is 3.15. The van der Waals surface area contributed by atoms with Gasteiger partial charge in [-0.2, -0.15) is 5.26 Å². The number of carbonyl (C=O) groups is 1. The molecule has 1 saturated heterocycles. The zero-order chi connectivity index (χ0) is 20.1. The Hall–Kier alpha value is -3.04. The molecule has 0 spiro atoms. The molecule has 0 aliphatic carbocycles. The van der Waals surface area contributed by atoms with Gasteiger partial charge in [0.1, 0.15) is 5.75 Å². The zero-order valence-corrected chi connectivity index (χ0v) is 16.6. The highest BCUT2D eigenvalue weighted by molar-refractivity contribution is 5.95. The lowest BCUT2D eigenvalue weighted by atomic mass is 10.1. The van der Waals surface area contributed by atoms with E-state index in [4.69, 9.17) is 10.00 Å². The Labute approximate surface area is 166 Å². The first kappa shape index (κ1) is 19.7. The van der Waals surface area contributed by atoms with Gasteiger partial charge in [0.2, 0.25) is 0 Å². The van der Waals surface area contributed by atoms with Crippen molar-refractivity contribution in [2.75, 3.05) is 43.4 Å². The number of hydrogen-bond acceptors (Lipinski definition) is 5. The molecule has 1 unspecified atom stereocenters. The number of hydrogen-bond donors (Lipinski definition) is 1. The minimum absolute atomic E-state index is 0.209. The van der Waals surface area contributed by atoms with Gasteiger partial charge in [-0.25, -0.2) is 0 Å². The van der Waals surface area contributed by atoms with Gasteiger partial charge in [0.15, 0.2) is 6.10 Å². The van der Waals surface area contributed by atoms with Crippen LogP contribution in [0.4, 0.5) is 11.4 Å². The molecule has 0 bridgehead atoms. The lowest BCUT2D eigenvalue weighted by Gasteiger charge is -2.34. The molecule has 1 N–H and O–H groups in total. The summed E-state index contributed by atoms with van der Waals surface area (Å²) in [7, 11) is 2.14. The smallest absolute Gasteiger partial charge is 0.265 e. The van der Waals surface area contributed by atoms with Crippen molar-refractivity contribution in [3.05, 3.63) is 53.6 Å². The van der Waals surface area contributed by atoms with Gasteiger partial charge < -0.3 is 19.9 Å². The molecule has 2 aromatic rings. The largest absolute Gasteiger partial charge is 0.481 e. The van der Waals surface area contributed by atoms with Crippen LogP contribution in [0, 0.1) is 18.3 Å². The number of benzene rings is 2. The minimum Gasteiger partial charge on any atom is -0.481 e. The van der Waals surface area contributed by atoms with Crippen molar-refractivity contribution in [3.8, 4) is 11.8 Å². The maximum absolute atomic E-state index is 12.5. The fourth-order valence-electron chi connectivity index (χ4n) is 3.15. The molecule has 1 aliphatic heterocycles. The van der Waals surface area contributed by atoms with E-state index in [9.17, 15) is 4.79 Å². The molecule has 1 heterocycles. The highest BCUT2D eigenvalue weighted by Crippen LogP contribution is 2.24. The van der Waals surface area contributed by atoms with Crippen molar-refractivity contribution in [1.29, 1.82) is 5.26 Å². The predicted molar refractivity (Wildman–Crippen MR) is 111 cm³/mol. The number of nitriles is 1. The van der Waals surface area contributed by atoms with Gasteiger partial charge in [0, 0.05) is 37.6 Å². The lowest BCUT2D eigenvalue weighted by Crippen LogP contribution is -2.44. The first-order valence-corrected chi connectivity index (χ1v) is 9.48. The van der Waals surface area contributed by atoms with Crippen molar-refractivity contribution in [2.45, 2.75) is 20.0 Å². The van der Waals surface area contributed by atoms with Gasteiger partial charge in [0.05, 0.1) is 11.6 Å². The fraction of sp³-hybridized carbons (Fsp3) is 0.364. The summed E-state index contributed by atoms with van der Waals surface area (Å²) in [6, 6.07) is 14.9. The van der Waals surface area contributed by atoms with Crippen LogP contribution >= 0.6 is 0 Å². The van der Waals surface area contributed by atoms with Gasteiger partial charge in [-0.15, -0.1) is 0 Å². The molecule has 0 aromatic heterocycles. The molecular weight excluding hydrogens is 352 g/mol. The number of rotatable bonds is 5. The molecular formula is C22H26N4O2. The summed E-state index contributed by atoms with van der Waals surface area (Å²) in [6.07, 6.45) is -0.648. The summed E-state index contributed by atoms with van der Waals surface area (Å²) < 4.78 is 5.68. The average molecular weight is 378 g/mol. The second kappa shape index (κ2) is 8.77. The second-order valence-electron chi connectivity index (χ2n) is 7.18. The molecule has 1 amide bonds. The number of anilines is 2. The molecule has 6 nitrogen and oxygen atoms in total. The van der Waals surface area contributed by atoms with Crippen LogP contribution in [-0.4, -0.2) is 50.1 Å². The second-order valence-corrected chi connectivity index (χ2v) is 7.18. The van der Waals surface area contributed by atoms with Crippen LogP contribution in [0.2, 0.25) is 0 Å². The molecule has 0 radical (unpaired) electrons. The van der Waals surface area contributed by atoms with Gasteiger partial charge in [0.25, 0.3) is 5.91 Å². The number of piperazine rings is 1. The SMILES string of the molecule is Cc1cc(N2CCN(C)CC2)ccc1NC(=O)C(C)Oc1ccc(C#N)cc1. The quantitative estimate of drug-likeness (QED) is 0.866. The van der Waals surface area contributed by atoms with E-state index >= 15 is 0 Å². The van der Waals surface area contributed by atoms with Crippen molar-refractivity contribution >= 4 is 17.3 Å². The first-order valence-electron chi connectivity index (χ1n) is 9.48. The van der Waals surface area contributed by atoms with Crippen molar-refractivity contribution in [3.63, 3.8) is 0 Å². The zero-order valence-electron chi connectivity index (χ0n) is 16.6. The van der Waals surface area contributed by atoms with E-state index in [1.54, 1.807) is 31.2 Å². The highest BCUT2D eigenvalue weighted by Gasteiger charge is 2.18. The van der Waals surface area contributed by atoms with Crippen LogP contribution in [0.3, 0.4) is 0 Å². The monoisotopic (exact) mass is 378 g/mol. The van der Waals surface area contributed by atoms with E-state index < -0.39 is 6.10 Å². The summed E-state index contributed by atoms with van der Waals surface area (Å²) in [5.74, 6) is 0.351. The molecule has 6 heteroatoms. The third-order valence-electron chi connectivity index (χ3n) is 5.00. The van der Waals surface area contributed by atoms with E-state index in [2.05, 4.69) is 40.4 Å². The summed E-state index contributed by atoms with van der Waals surface area (Å²) in [5.41, 5.74) is 3.56. The number of nitrogens with one attached hydrogen (secondary N) is 1. The average Bonchev–Trinajstić information content (AvgIpc) is 2.70. The number of nitrogens with zero attached hydrogens (tertiary/aromatic N) is 3. The van der Waals surface area contributed by atoms with Gasteiger partial charge in [-0.1, -0.05) is 0 Å². The standard InChI is InChI=1S/C22H26N4O2/c1-16-14-19(26-12-10-25(3)11-13-26)6-9-21(16)24-22(27)17(2)28-20-7-4-18(15-23)5-8-20/h4-9,14,17H,10-13H2,1-3H3,(H,24,27). The number of ether oxygens (including phenoxy) is 1. The third kappa shape index (κ3) is 4.81. The topological polar surface area (TPSA) is 68.6 Å². The van der Waals surface area contributed by atoms with Gasteiger partial charge in [-0.3, -0.25) is 4.79 Å². The predicted octanol–water partition coefficient (Wildman–Crippen LogP) is 3.02. The van der Waals surface area contributed by atoms with Gasteiger partial charge >= 0.3 is 0 Å². The Morgan fingerprint density at radius 3 is 2.43 bits per heavy atom. The molecule has 1 fully saturated rings. The molecule has 0 saturated carbocycles. The first-order chi connectivity index (χ1) is 13.5. The lowest BCUT2D eigenvalue weighted by molar-refractivity contribution is -0.122. The molecule has 3 rings (SSSR count). The summed E-state index contributed by atoms with van der Waals surface area (Å²) >= 11 is 0. The van der Waals surface area contributed by atoms with Crippen LogP contribution in [-0.2, 0) is 4.79 Å². The van der Waals surface area contributed by atoms with E-state index in [-0.39, 0.29) is 5.91 Å². The Bertz CT molecular complexity index is 865. The molecule has 2 aromatic carbocycles. The van der Waals surface area contributed by atoms with E-state index in [0.29, 0.717) is 11.3 Å². The van der Waals surface area contributed by atoms with Crippen molar-refractivity contribution < 1.29 is 9.53 Å². The molecule has 1 aliphatic rings. The normalized spacial score (nSPS) is 15.6. The van der Waals surface area contributed by atoms with Crippen molar-refractivity contribution in [2.24, 2.45) is 0 Å². The minimum atomic E-state index is -0.648. The number of carbonyl (C=O) groups excluding carboxylic acids is 1. The number of aryl methyl sites for hydroxylation is 1. The highest BCUT2D eigenvalue weighted by atomic mass is 16.5. The van der Waals surface area contributed by atoms with E-state index in [0.717, 1.165) is 37.4 Å². The number of amides is 1. The van der Waals surface area contributed by atoms with Gasteiger partial charge in [-0.05, 0) is 68.9 Å². The molecule has 146 valence electrons. The van der Waals surface area contributed by atoms with E-state index in [1.807, 2.05) is 13.0 Å². The summed E-state index contributed by atoms with van der Waals surface area (Å²) in [6.45, 7) is 7.85. The van der Waals surface area contributed by atoms with Crippen LogP contribution in [0.5, 0.6) is 5.75 Å². The summed E-state index contributed by atoms with van der Waals surface area (Å²) in [5, 5.41) is 11.8. The molecule has 28 heavy (non-hydrogen) atoms. The van der Waals surface area contributed by atoms with Crippen LogP contribution in [0.25, 0.3) is 0 Å². The molecule has 1 atom stereocenters. The maximum atomic E-state index is 12.5. The summed E-state index contributed by atoms with van der Waals surface area (Å²) in [4.78, 5) is 17.2. The van der Waals surface area contributed by atoms with Crippen LogP contribution in [0.15, 0.2) is 42.5 Å². The number of likely N-dealkylation sites (N-methyl/N-ethyl adjacent to an activating group) is 1. The Kier molecular flexibility index (Phi) is 6.17. The Balaban J connectivity index is 1.60. The Morgan fingerprint density at radius 2 is 1.82 bits per heavy atom. The van der Waals surface area contributed by atoms with Crippen LogP contribution < -0.4 is 15.0 Å². The van der Waals surface area contributed by atoms with Crippen molar-refractivity contribution in [1.82, 2.24) is 4.90 Å². The van der Waals surface area contributed by atoms with E-state index in [1.165, 1.54) is 5.69 Å².